The number of methoxy groups -OCH3 is 1. The topological polar surface area (TPSA) is 53.6 Å². The predicted octanol–water partition coefficient (Wildman–Crippen LogP) is 4.85. The fourth-order valence-electron chi connectivity index (χ4n) is 3.41. The third-order valence-electron chi connectivity index (χ3n) is 4.89. The molecular formula is C21H24ClN3O2S. The Balaban J connectivity index is 1.62. The normalized spacial score (nSPS) is 16.4. The van der Waals surface area contributed by atoms with E-state index in [0.29, 0.717) is 22.4 Å². The molecule has 1 atom stereocenters. The van der Waals surface area contributed by atoms with Gasteiger partial charge in [0, 0.05) is 29.0 Å². The van der Waals surface area contributed by atoms with Gasteiger partial charge in [-0.3, -0.25) is 10.1 Å². The molecule has 3 rings (SSSR count). The molecule has 148 valence electrons. The van der Waals surface area contributed by atoms with Crippen molar-refractivity contribution in [1.29, 1.82) is 0 Å². The van der Waals surface area contributed by atoms with Crippen LogP contribution in [0.5, 0.6) is 5.75 Å². The average Bonchev–Trinajstić information content (AvgIpc) is 2.69. The van der Waals surface area contributed by atoms with Crippen LogP contribution in [0.15, 0.2) is 42.5 Å². The maximum atomic E-state index is 12.5. The first-order valence-corrected chi connectivity index (χ1v) is 10.1. The first-order chi connectivity index (χ1) is 13.5. The van der Waals surface area contributed by atoms with Crippen LogP contribution in [0, 0.1) is 0 Å². The van der Waals surface area contributed by atoms with Crippen LogP contribution in [0.2, 0.25) is 5.02 Å². The van der Waals surface area contributed by atoms with Crippen molar-refractivity contribution in [3.63, 3.8) is 0 Å². The first kappa shape index (κ1) is 20.4. The van der Waals surface area contributed by atoms with E-state index in [1.807, 2.05) is 12.1 Å². The molecule has 0 saturated carbocycles. The Kier molecular flexibility index (Phi) is 6.75. The number of ether oxygens (including phenoxy) is 1. The lowest BCUT2D eigenvalue weighted by atomic mass is 10.0. The van der Waals surface area contributed by atoms with E-state index in [4.69, 9.17) is 28.6 Å². The predicted molar refractivity (Wildman–Crippen MR) is 119 cm³/mol. The van der Waals surface area contributed by atoms with Crippen LogP contribution in [0.1, 0.15) is 36.5 Å². The minimum atomic E-state index is -0.379. The summed E-state index contributed by atoms with van der Waals surface area (Å²) in [6, 6.07) is 13.5. The second-order valence-electron chi connectivity index (χ2n) is 6.84. The van der Waals surface area contributed by atoms with Crippen LogP contribution in [-0.2, 0) is 0 Å². The van der Waals surface area contributed by atoms with E-state index in [-0.39, 0.29) is 11.0 Å². The molecule has 1 saturated heterocycles. The molecule has 2 aromatic carbocycles. The number of anilines is 2. The summed E-state index contributed by atoms with van der Waals surface area (Å²) in [5, 5.41) is 6.37. The summed E-state index contributed by atoms with van der Waals surface area (Å²) in [7, 11) is 1.50. The van der Waals surface area contributed by atoms with Gasteiger partial charge in [-0.2, -0.15) is 0 Å². The Morgan fingerprint density at radius 3 is 2.64 bits per heavy atom. The molecule has 7 heteroatoms. The molecule has 2 aromatic rings. The summed E-state index contributed by atoms with van der Waals surface area (Å²) in [4.78, 5) is 14.9. The molecule has 5 nitrogen and oxygen atoms in total. The lowest BCUT2D eigenvalue weighted by Gasteiger charge is -2.35. The van der Waals surface area contributed by atoms with Crippen LogP contribution < -0.4 is 20.3 Å². The highest BCUT2D eigenvalue weighted by molar-refractivity contribution is 7.80. The van der Waals surface area contributed by atoms with E-state index in [0.717, 1.165) is 12.2 Å². The number of amides is 1. The zero-order chi connectivity index (χ0) is 20.1. The Hall–Kier alpha value is -2.31. The van der Waals surface area contributed by atoms with Crippen molar-refractivity contribution < 1.29 is 9.53 Å². The number of rotatable bonds is 4. The summed E-state index contributed by atoms with van der Waals surface area (Å²) >= 11 is 11.3. The number of thiocarbonyl (C=S) groups is 1. The third kappa shape index (κ3) is 4.94. The van der Waals surface area contributed by atoms with Crippen molar-refractivity contribution in [2.24, 2.45) is 0 Å². The molecule has 28 heavy (non-hydrogen) atoms. The van der Waals surface area contributed by atoms with Crippen molar-refractivity contribution in [1.82, 2.24) is 5.32 Å². The van der Waals surface area contributed by atoms with Crippen molar-refractivity contribution >= 4 is 46.2 Å². The van der Waals surface area contributed by atoms with Gasteiger partial charge in [-0.05, 0) is 80.9 Å². The van der Waals surface area contributed by atoms with E-state index in [2.05, 4.69) is 34.6 Å². The molecule has 1 heterocycles. The molecule has 2 N–H and O–H groups in total. The van der Waals surface area contributed by atoms with Gasteiger partial charge in [0.15, 0.2) is 5.11 Å². The van der Waals surface area contributed by atoms with Crippen LogP contribution in [0.3, 0.4) is 0 Å². The Labute approximate surface area is 176 Å². The van der Waals surface area contributed by atoms with Crippen LogP contribution >= 0.6 is 23.8 Å². The lowest BCUT2D eigenvalue weighted by Crippen LogP contribution is -2.37. The van der Waals surface area contributed by atoms with E-state index in [9.17, 15) is 4.79 Å². The molecule has 0 radical (unpaired) electrons. The molecule has 1 fully saturated rings. The van der Waals surface area contributed by atoms with Crippen molar-refractivity contribution in [2.45, 2.75) is 32.2 Å². The summed E-state index contributed by atoms with van der Waals surface area (Å²) in [5.41, 5.74) is 2.35. The molecule has 0 spiro atoms. The maximum absolute atomic E-state index is 12.5. The molecule has 1 aliphatic rings. The number of carbonyl (C=O) groups is 1. The van der Waals surface area contributed by atoms with Crippen molar-refractivity contribution in [2.75, 3.05) is 23.9 Å². The van der Waals surface area contributed by atoms with Crippen molar-refractivity contribution in [3.8, 4) is 5.75 Å². The first-order valence-electron chi connectivity index (χ1n) is 9.30. The number of piperidine rings is 1. The van der Waals surface area contributed by atoms with E-state index < -0.39 is 0 Å². The number of carbonyl (C=O) groups excluding carboxylic acids is 1. The van der Waals surface area contributed by atoms with Gasteiger partial charge in [-0.15, -0.1) is 0 Å². The fourth-order valence-corrected chi connectivity index (χ4v) is 3.79. The zero-order valence-corrected chi connectivity index (χ0v) is 17.6. The molecule has 0 aromatic heterocycles. The quantitative estimate of drug-likeness (QED) is 0.696. The number of halogens is 1. The lowest BCUT2D eigenvalue weighted by molar-refractivity contribution is 0.0975. The minimum absolute atomic E-state index is 0.214. The van der Waals surface area contributed by atoms with Gasteiger partial charge in [-0.1, -0.05) is 11.6 Å². The van der Waals surface area contributed by atoms with Gasteiger partial charge >= 0.3 is 0 Å². The Morgan fingerprint density at radius 1 is 1.21 bits per heavy atom. The Bertz CT molecular complexity index is 857. The monoisotopic (exact) mass is 417 g/mol. The summed E-state index contributed by atoms with van der Waals surface area (Å²) in [5.74, 6) is 0.0558. The molecule has 1 amide bonds. The van der Waals surface area contributed by atoms with Gasteiger partial charge < -0.3 is 15.0 Å². The van der Waals surface area contributed by atoms with E-state index >= 15 is 0 Å². The molecule has 0 bridgehead atoms. The van der Waals surface area contributed by atoms with Crippen LogP contribution in [-0.4, -0.2) is 30.7 Å². The largest absolute Gasteiger partial charge is 0.496 e. The average molecular weight is 418 g/mol. The highest BCUT2D eigenvalue weighted by Crippen LogP contribution is 2.26. The molecule has 1 aliphatic heterocycles. The van der Waals surface area contributed by atoms with Crippen LogP contribution in [0.4, 0.5) is 11.4 Å². The fraction of sp³-hybridized carbons (Fsp3) is 0.333. The zero-order valence-electron chi connectivity index (χ0n) is 16.0. The smallest absolute Gasteiger partial charge is 0.261 e. The second-order valence-corrected chi connectivity index (χ2v) is 7.68. The second kappa shape index (κ2) is 9.26. The number of nitrogens with one attached hydrogen (secondary N) is 2. The number of hydrogen-bond acceptors (Lipinski definition) is 4. The number of hydrogen-bond donors (Lipinski definition) is 2. The third-order valence-corrected chi connectivity index (χ3v) is 5.33. The van der Waals surface area contributed by atoms with E-state index in [1.54, 1.807) is 18.2 Å². The van der Waals surface area contributed by atoms with Gasteiger partial charge in [0.05, 0.1) is 12.7 Å². The van der Waals surface area contributed by atoms with Crippen LogP contribution in [0.25, 0.3) is 0 Å². The molecule has 0 aliphatic carbocycles. The Morgan fingerprint density at radius 2 is 1.96 bits per heavy atom. The number of benzene rings is 2. The highest BCUT2D eigenvalue weighted by atomic mass is 35.5. The van der Waals surface area contributed by atoms with E-state index in [1.165, 1.54) is 32.1 Å². The van der Waals surface area contributed by atoms with Gasteiger partial charge in [0.25, 0.3) is 5.91 Å². The minimum Gasteiger partial charge on any atom is -0.496 e. The number of nitrogens with zero attached hydrogens (tertiary/aromatic N) is 1. The SMILES string of the molecule is COc1ccc(Cl)cc1C(=O)NC(=S)Nc1ccc(N2CCCC[C@@H]2C)cc1. The molecular weight excluding hydrogens is 394 g/mol. The van der Waals surface area contributed by atoms with Gasteiger partial charge in [0.1, 0.15) is 5.75 Å². The standard InChI is InChI=1S/C21H24ClN3O2S/c1-14-5-3-4-12-25(14)17-9-7-16(8-10-17)23-21(28)24-20(26)18-13-15(22)6-11-19(18)27-2/h6-11,13-14H,3-5,12H2,1-2H3,(H2,23,24,26,28)/t14-/m0/s1. The molecule has 0 unspecified atom stereocenters. The summed E-state index contributed by atoms with van der Waals surface area (Å²) in [6.45, 7) is 3.35. The summed E-state index contributed by atoms with van der Waals surface area (Å²) < 4.78 is 5.21. The summed E-state index contributed by atoms with van der Waals surface area (Å²) in [6.07, 6.45) is 3.75. The van der Waals surface area contributed by atoms with Gasteiger partial charge in [0.2, 0.25) is 0 Å². The van der Waals surface area contributed by atoms with Crippen molar-refractivity contribution in [3.05, 3.63) is 53.1 Å². The highest BCUT2D eigenvalue weighted by Gasteiger charge is 2.18. The van der Waals surface area contributed by atoms with Gasteiger partial charge in [-0.25, -0.2) is 0 Å². The maximum Gasteiger partial charge on any atom is 0.261 e.